The zero-order valence-corrected chi connectivity index (χ0v) is 12.1. The Balaban J connectivity index is 2.63. The number of halogens is 1. The molecule has 2 atom stereocenters. The van der Waals surface area contributed by atoms with Gasteiger partial charge in [-0.15, -0.1) is 0 Å². The van der Waals surface area contributed by atoms with Gasteiger partial charge in [-0.1, -0.05) is 23.7 Å². The smallest absolute Gasteiger partial charge is 0.220 e. The average molecular weight is 285 g/mol. The lowest BCUT2D eigenvalue weighted by Crippen LogP contribution is -2.37. The van der Waals surface area contributed by atoms with E-state index in [2.05, 4.69) is 5.32 Å². The van der Waals surface area contributed by atoms with Gasteiger partial charge in [0, 0.05) is 18.6 Å². The van der Waals surface area contributed by atoms with E-state index in [4.69, 9.17) is 22.1 Å². The summed E-state index contributed by atoms with van der Waals surface area (Å²) in [7, 11) is 1.63. The fourth-order valence-corrected chi connectivity index (χ4v) is 2.07. The van der Waals surface area contributed by atoms with E-state index >= 15 is 0 Å². The van der Waals surface area contributed by atoms with E-state index in [1.165, 1.54) is 0 Å². The van der Waals surface area contributed by atoms with Crippen LogP contribution in [0.4, 0.5) is 0 Å². The van der Waals surface area contributed by atoms with Crippen LogP contribution >= 0.6 is 11.6 Å². The third-order valence-corrected chi connectivity index (χ3v) is 3.16. The number of nitrogens with two attached hydrogens (primary N) is 1. The van der Waals surface area contributed by atoms with Crippen molar-refractivity contribution in [3.63, 3.8) is 0 Å². The molecule has 1 rings (SSSR count). The van der Waals surface area contributed by atoms with Crippen LogP contribution in [0.25, 0.3) is 0 Å². The van der Waals surface area contributed by atoms with Gasteiger partial charge < -0.3 is 15.8 Å². The maximum absolute atomic E-state index is 11.7. The summed E-state index contributed by atoms with van der Waals surface area (Å²) >= 11 is 5.86. The number of carbonyl (C=O) groups is 1. The summed E-state index contributed by atoms with van der Waals surface area (Å²) < 4.78 is 5.46. The maximum atomic E-state index is 11.7. The first-order valence-corrected chi connectivity index (χ1v) is 6.74. The molecule has 5 heteroatoms. The van der Waals surface area contributed by atoms with Gasteiger partial charge in [0.25, 0.3) is 0 Å². The van der Waals surface area contributed by atoms with Crippen molar-refractivity contribution in [3.8, 4) is 0 Å². The molecular weight excluding hydrogens is 264 g/mol. The zero-order chi connectivity index (χ0) is 14.3. The van der Waals surface area contributed by atoms with Crippen molar-refractivity contribution in [3.05, 3.63) is 34.9 Å². The molecular formula is C14H21ClN2O2. The summed E-state index contributed by atoms with van der Waals surface area (Å²) in [5.41, 5.74) is 6.37. The highest BCUT2D eigenvalue weighted by Gasteiger charge is 2.20. The molecule has 0 aliphatic rings. The van der Waals surface area contributed by atoms with E-state index in [9.17, 15) is 4.79 Å². The highest BCUT2D eigenvalue weighted by molar-refractivity contribution is 6.30. The minimum Gasteiger partial charge on any atom is -0.375 e. The summed E-state index contributed by atoms with van der Waals surface area (Å²) in [5.74, 6) is -0.00559. The van der Waals surface area contributed by atoms with Crippen LogP contribution in [0.1, 0.15) is 31.4 Å². The summed E-state index contributed by atoms with van der Waals surface area (Å²) in [6, 6.07) is 7.31. The lowest BCUT2D eigenvalue weighted by atomic mass is 10.0. The third kappa shape index (κ3) is 5.19. The highest BCUT2D eigenvalue weighted by Crippen LogP contribution is 2.22. The molecule has 0 aliphatic heterocycles. The molecule has 1 aromatic carbocycles. The second kappa shape index (κ2) is 8.15. The summed E-state index contributed by atoms with van der Waals surface area (Å²) in [5, 5.41) is 3.61. The molecule has 0 aromatic heterocycles. The molecule has 0 spiro atoms. The van der Waals surface area contributed by atoms with Crippen LogP contribution in [0.2, 0.25) is 5.02 Å². The van der Waals surface area contributed by atoms with Gasteiger partial charge in [0.05, 0.1) is 6.04 Å². The van der Waals surface area contributed by atoms with E-state index < -0.39 is 0 Å². The fourth-order valence-electron chi connectivity index (χ4n) is 1.95. The number of carbonyl (C=O) groups excluding carboxylic acids is 1. The Morgan fingerprint density at radius 3 is 2.58 bits per heavy atom. The van der Waals surface area contributed by atoms with Gasteiger partial charge in [-0.05, 0) is 37.6 Å². The van der Waals surface area contributed by atoms with Crippen molar-refractivity contribution < 1.29 is 9.53 Å². The number of ether oxygens (including phenoxy) is 1. The van der Waals surface area contributed by atoms with Crippen LogP contribution in [-0.2, 0) is 9.53 Å². The number of nitrogens with one attached hydrogen (secondary N) is 1. The third-order valence-electron chi connectivity index (χ3n) is 2.90. The van der Waals surface area contributed by atoms with E-state index in [1.54, 1.807) is 7.11 Å². The molecule has 2 unspecified atom stereocenters. The van der Waals surface area contributed by atoms with E-state index in [0.717, 1.165) is 5.56 Å². The molecule has 1 amide bonds. The van der Waals surface area contributed by atoms with Crippen molar-refractivity contribution in [2.45, 2.75) is 31.9 Å². The van der Waals surface area contributed by atoms with Crippen molar-refractivity contribution in [1.29, 1.82) is 0 Å². The molecule has 1 aromatic rings. The Morgan fingerprint density at radius 1 is 1.42 bits per heavy atom. The van der Waals surface area contributed by atoms with Crippen LogP contribution in [-0.4, -0.2) is 25.6 Å². The predicted molar refractivity (Wildman–Crippen MR) is 77.1 cm³/mol. The SMILES string of the molecule is COC(c1ccc(Cl)cc1)C(C)NC(=O)CCCN. The van der Waals surface area contributed by atoms with Crippen LogP contribution < -0.4 is 11.1 Å². The molecule has 0 bridgehead atoms. The van der Waals surface area contributed by atoms with Crippen molar-refractivity contribution in [1.82, 2.24) is 5.32 Å². The lowest BCUT2D eigenvalue weighted by Gasteiger charge is -2.24. The Kier molecular flexibility index (Phi) is 6.84. The maximum Gasteiger partial charge on any atom is 0.220 e. The normalized spacial score (nSPS) is 13.9. The second-order valence-electron chi connectivity index (χ2n) is 4.46. The van der Waals surface area contributed by atoms with Gasteiger partial charge in [0.1, 0.15) is 6.10 Å². The minimum atomic E-state index is -0.195. The van der Waals surface area contributed by atoms with Crippen molar-refractivity contribution in [2.24, 2.45) is 5.73 Å². The van der Waals surface area contributed by atoms with Crippen LogP contribution in [0, 0.1) is 0 Å². The Morgan fingerprint density at radius 2 is 2.05 bits per heavy atom. The Hall–Kier alpha value is -1.10. The van der Waals surface area contributed by atoms with Crippen LogP contribution in [0.15, 0.2) is 24.3 Å². The molecule has 0 fully saturated rings. The van der Waals surface area contributed by atoms with E-state index in [1.807, 2.05) is 31.2 Å². The van der Waals surface area contributed by atoms with Gasteiger partial charge in [0.15, 0.2) is 0 Å². The molecule has 0 aliphatic carbocycles. The second-order valence-corrected chi connectivity index (χ2v) is 4.89. The first-order chi connectivity index (χ1) is 9.08. The molecule has 19 heavy (non-hydrogen) atoms. The topological polar surface area (TPSA) is 64.3 Å². The van der Waals surface area contributed by atoms with Crippen LogP contribution in [0.3, 0.4) is 0 Å². The first-order valence-electron chi connectivity index (χ1n) is 6.36. The number of amides is 1. The molecule has 106 valence electrons. The number of rotatable bonds is 7. The van der Waals surface area contributed by atoms with Gasteiger partial charge in [-0.3, -0.25) is 4.79 Å². The number of hydrogen-bond donors (Lipinski definition) is 2. The van der Waals surface area contributed by atoms with Gasteiger partial charge in [-0.2, -0.15) is 0 Å². The lowest BCUT2D eigenvalue weighted by molar-refractivity contribution is -0.122. The summed E-state index contributed by atoms with van der Waals surface area (Å²) in [6.45, 7) is 2.44. The van der Waals surface area contributed by atoms with Gasteiger partial charge in [0.2, 0.25) is 5.91 Å². The zero-order valence-electron chi connectivity index (χ0n) is 11.4. The number of methoxy groups -OCH3 is 1. The largest absolute Gasteiger partial charge is 0.375 e. The Bertz CT molecular complexity index is 395. The molecule has 0 heterocycles. The van der Waals surface area contributed by atoms with E-state index in [0.29, 0.717) is 24.4 Å². The summed E-state index contributed by atoms with van der Waals surface area (Å²) in [4.78, 5) is 11.7. The predicted octanol–water partition coefficient (Wildman–Crippen LogP) is 2.27. The van der Waals surface area contributed by atoms with Gasteiger partial charge in [-0.25, -0.2) is 0 Å². The summed E-state index contributed by atoms with van der Waals surface area (Å²) in [6.07, 6.45) is 0.939. The molecule has 0 saturated heterocycles. The minimum absolute atomic E-state index is 0.00559. The fraction of sp³-hybridized carbons (Fsp3) is 0.500. The first kappa shape index (κ1) is 16.0. The van der Waals surface area contributed by atoms with Crippen LogP contribution in [0.5, 0.6) is 0 Å². The number of hydrogen-bond acceptors (Lipinski definition) is 3. The average Bonchev–Trinajstić information content (AvgIpc) is 2.39. The standard InChI is InChI=1S/C14H21ClN2O2/c1-10(17-13(18)4-3-9-16)14(19-2)11-5-7-12(15)8-6-11/h5-8,10,14H,3-4,9,16H2,1-2H3,(H,17,18). The highest BCUT2D eigenvalue weighted by atomic mass is 35.5. The Labute approximate surface area is 119 Å². The van der Waals surface area contributed by atoms with Gasteiger partial charge >= 0.3 is 0 Å². The van der Waals surface area contributed by atoms with E-state index in [-0.39, 0.29) is 18.1 Å². The molecule has 0 radical (unpaired) electrons. The van der Waals surface area contributed by atoms with Crippen molar-refractivity contribution in [2.75, 3.05) is 13.7 Å². The molecule has 4 nitrogen and oxygen atoms in total. The molecule has 3 N–H and O–H groups in total. The van der Waals surface area contributed by atoms with Crippen molar-refractivity contribution >= 4 is 17.5 Å². The number of benzene rings is 1. The quantitative estimate of drug-likeness (QED) is 0.807. The monoisotopic (exact) mass is 284 g/mol. The molecule has 0 saturated carbocycles.